The molecule has 4 rings (SSSR count). The highest BCUT2D eigenvalue weighted by Crippen LogP contribution is 2.52. The van der Waals surface area contributed by atoms with Crippen LogP contribution in [0.25, 0.3) is 0 Å². The molecule has 1 saturated heterocycles. The highest BCUT2D eigenvalue weighted by molar-refractivity contribution is 14.0. The summed E-state index contributed by atoms with van der Waals surface area (Å²) in [7, 11) is 3.63. The van der Waals surface area contributed by atoms with Gasteiger partial charge >= 0.3 is 0 Å². The number of guanidine groups is 1. The van der Waals surface area contributed by atoms with Crippen molar-refractivity contribution in [2.24, 2.45) is 35.7 Å². The fourth-order valence-corrected chi connectivity index (χ4v) is 4.79. The van der Waals surface area contributed by atoms with Gasteiger partial charge in [0, 0.05) is 39.9 Å². The van der Waals surface area contributed by atoms with Crippen molar-refractivity contribution in [2.45, 2.75) is 19.3 Å². The van der Waals surface area contributed by atoms with E-state index in [0.29, 0.717) is 19.0 Å². The summed E-state index contributed by atoms with van der Waals surface area (Å²) in [6.07, 6.45) is 11.0. The van der Waals surface area contributed by atoms with Crippen LogP contribution in [-0.4, -0.2) is 59.1 Å². The zero-order valence-corrected chi connectivity index (χ0v) is 19.2. The van der Waals surface area contributed by atoms with Crippen LogP contribution in [0.5, 0.6) is 0 Å². The molecule has 2 fully saturated rings. The Hall–Kier alpha value is -1.91. The standard InChI is InChI=1S/C20H28N6O2.HI/c1-21-20(22-7-3-4-13-11-24-25(2)12-13)23-8-9-26-18(27)16-14-5-6-15(10-14)17(16)19(26)28;/h5-6,11-12,14-17H,3-4,7-10H2,1-2H3,(H2,21,22,23);1H. The van der Waals surface area contributed by atoms with E-state index < -0.39 is 0 Å². The number of likely N-dealkylation sites (tertiary alicyclic amines) is 1. The van der Waals surface area contributed by atoms with Gasteiger partial charge in [-0.3, -0.25) is 24.2 Å². The maximum Gasteiger partial charge on any atom is 0.233 e. The van der Waals surface area contributed by atoms with Gasteiger partial charge in [-0.05, 0) is 36.7 Å². The number of allylic oxidation sites excluding steroid dienone is 2. The van der Waals surface area contributed by atoms with Gasteiger partial charge in [0.1, 0.15) is 0 Å². The molecule has 1 aromatic heterocycles. The zero-order chi connectivity index (χ0) is 19.7. The monoisotopic (exact) mass is 512 g/mol. The predicted octanol–water partition coefficient (Wildman–Crippen LogP) is 0.943. The molecule has 0 aromatic carbocycles. The molecule has 4 atom stereocenters. The Morgan fingerprint density at radius 1 is 1.17 bits per heavy atom. The van der Waals surface area contributed by atoms with E-state index in [0.717, 1.165) is 25.8 Å². The Kier molecular flexibility index (Phi) is 6.97. The van der Waals surface area contributed by atoms with Gasteiger partial charge in [-0.2, -0.15) is 5.10 Å². The fourth-order valence-electron chi connectivity index (χ4n) is 4.79. The SMILES string of the molecule is CN=C(NCCCc1cnn(C)c1)NCCN1C(=O)C2C3C=CC(C3)C2C1=O.I. The van der Waals surface area contributed by atoms with Crippen LogP contribution in [0.1, 0.15) is 18.4 Å². The van der Waals surface area contributed by atoms with Crippen LogP contribution < -0.4 is 10.6 Å². The maximum atomic E-state index is 12.7. The van der Waals surface area contributed by atoms with Crippen molar-refractivity contribution < 1.29 is 9.59 Å². The van der Waals surface area contributed by atoms with Crippen LogP contribution in [0.3, 0.4) is 0 Å². The fraction of sp³-hybridized carbons (Fsp3) is 0.600. The molecule has 0 radical (unpaired) electrons. The molecule has 8 nitrogen and oxygen atoms in total. The number of rotatable bonds is 7. The van der Waals surface area contributed by atoms with Crippen LogP contribution in [-0.2, 0) is 23.1 Å². The van der Waals surface area contributed by atoms with Gasteiger partial charge < -0.3 is 10.6 Å². The molecule has 2 aliphatic carbocycles. The highest BCUT2D eigenvalue weighted by Gasteiger charge is 2.58. The van der Waals surface area contributed by atoms with Crippen molar-refractivity contribution in [1.29, 1.82) is 0 Å². The number of carbonyl (C=O) groups excluding carboxylic acids is 2. The highest BCUT2D eigenvalue weighted by atomic mass is 127. The number of halogens is 1. The topological polar surface area (TPSA) is 91.6 Å². The molecule has 2 heterocycles. The molecule has 2 amide bonds. The first-order valence-electron chi connectivity index (χ1n) is 10.0. The summed E-state index contributed by atoms with van der Waals surface area (Å²) < 4.78 is 1.81. The van der Waals surface area contributed by atoms with Crippen molar-refractivity contribution in [1.82, 2.24) is 25.3 Å². The van der Waals surface area contributed by atoms with Gasteiger partial charge in [-0.25, -0.2) is 0 Å². The lowest BCUT2D eigenvalue weighted by atomic mass is 9.85. The second-order valence-corrected chi connectivity index (χ2v) is 7.88. The summed E-state index contributed by atoms with van der Waals surface area (Å²) in [4.78, 5) is 31.0. The molecule has 1 aliphatic heterocycles. The molecule has 1 aromatic rings. The van der Waals surface area contributed by atoms with Gasteiger partial charge in [-0.15, -0.1) is 24.0 Å². The van der Waals surface area contributed by atoms with E-state index in [9.17, 15) is 9.59 Å². The molecule has 2 N–H and O–H groups in total. The van der Waals surface area contributed by atoms with Gasteiger partial charge in [0.25, 0.3) is 0 Å². The molecule has 158 valence electrons. The number of aromatic nitrogens is 2. The summed E-state index contributed by atoms with van der Waals surface area (Å²) in [6.45, 7) is 1.68. The average Bonchev–Trinajstić information content (AvgIpc) is 3.44. The van der Waals surface area contributed by atoms with E-state index in [-0.39, 0.29) is 59.5 Å². The number of amides is 2. The van der Waals surface area contributed by atoms with Crippen LogP contribution in [0, 0.1) is 23.7 Å². The largest absolute Gasteiger partial charge is 0.356 e. The van der Waals surface area contributed by atoms with E-state index >= 15 is 0 Å². The summed E-state index contributed by atoms with van der Waals surface area (Å²) in [6, 6.07) is 0. The lowest BCUT2D eigenvalue weighted by molar-refractivity contribution is -0.140. The molecule has 1 saturated carbocycles. The summed E-state index contributed by atoms with van der Waals surface area (Å²) in [5.41, 5.74) is 1.22. The third kappa shape index (κ3) is 4.34. The minimum atomic E-state index is -0.118. The van der Waals surface area contributed by atoms with E-state index in [1.807, 2.05) is 19.4 Å². The Labute approximate surface area is 188 Å². The van der Waals surface area contributed by atoms with Gasteiger partial charge in [0.2, 0.25) is 11.8 Å². The van der Waals surface area contributed by atoms with E-state index in [4.69, 9.17) is 0 Å². The molecule has 0 spiro atoms. The molecule has 29 heavy (non-hydrogen) atoms. The van der Waals surface area contributed by atoms with Crippen molar-refractivity contribution in [3.63, 3.8) is 0 Å². The van der Waals surface area contributed by atoms with Crippen molar-refractivity contribution >= 4 is 41.8 Å². The Morgan fingerprint density at radius 2 is 1.83 bits per heavy atom. The third-order valence-corrected chi connectivity index (χ3v) is 6.11. The van der Waals surface area contributed by atoms with Gasteiger partial charge in [-0.1, -0.05) is 12.2 Å². The van der Waals surface area contributed by atoms with Gasteiger partial charge in [0.15, 0.2) is 5.96 Å². The summed E-state index contributed by atoms with van der Waals surface area (Å²) in [5, 5.41) is 10.6. The molecule has 3 aliphatic rings. The predicted molar refractivity (Wildman–Crippen MR) is 121 cm³/mol. The number of fused-ring (bicyclic) bond motifs is 5. The lowest BCUT2D eigenvalue weighted by Gasteiger charge is -2.18. The van der Waals surface area contributed by atoms with Gasteiger partial charge in [0.05, 0.1) is 18.0 Å². The summed E-state index contributed by atoms with van der Waals surface area (Å²) in [5.74, 6) is 0.991. The second-order valence-electron chi connectivity index (χ2n) is 7.88. The third-order valence-electron chi connectivity index (χ3n) is 6.11. The molecule has 2 bridgehead atoms. The van der Waals surface area contributed by atoms with Crippen LogP contribution in [0.2, 0.25) is 0 Å². The Bertz CT molecular complexity index is 790. The first-order valence-corrected chi connectivity index (χ1v) is 10.0. The molecule has 4 unspecified atom stereocenters. The number of hydrogen-bond donors (Lipinski definition) is 2. The van der Waals surface area contributed by atoms with Crippen LogP contribution >= 0.6 is 24.0 Å². The molecular formula is C20H29IN6O2. The van der Waals surface area contributed by atoms with Crippen molar-refractivity contribution in [3.05, 3.63) is 30.1 Å². The number of imide groups is 1. The first-order chi connectivity index (χ1) is 13.6. The molecular weight excluding hydrogens is 483 g/mol. The summed E-state index contributed by atoms with van der Waals surface area (Å²) >= 11 is 0. The second kappa shape index (κ2) is 9.27. The Morgan fingerprint density at radius 3 is 2.41 bits per heavy atom. The average molecular weight is 512 g/mol. The van der Waals surface area contributed by atoms with E-state index in [2.05, 4.69) is 32.9 Å². The van der Waals surface area contributed by atoms with Crippen LogP contribution in [0.15, 0.2) is 29.5 Å². The molecule has 9 heteroatoms. The first kappa shape index (κ1) is 21.8. The van der Waals surface area contributed by atoms with Crippen molar-refractivity contribution in [3.8, 4) is 0 Å². The number of aryl methyl sites for hydroxylation is 2. The normalized spacial score (nSPS) is 27.4. The Balaban J connectivity index is 0.00000240. The van der Waals surface area contributed by atoms with E-state index in [1.54, 1.807) is 11.7 Å². The smallest absolute Gasteiger partial charge is 0.233 e. The lowest BCUT2D eigenvalue weighted by Crippen LogP contribution is -2.44. The minimum absolute atomic E-state index is 0. The number of hydrogen-bond acceptors (Lipinski definition) is 4. The minimum Gasteiger partial charge on any atom is -0.356 e. The van der Waals surface area contributed by atoms with Crippen molar-refractivity contribution in [2.75, 3.05) is 26.7 Å². The number of aliphatic imine (C=N–C) groups is 1. The number of carbonyl (C=O) groups is 2. The quantitative estimate of drug-likeness (QED) is 0.142. The maximum absolute atomic E-state index is 12.7. The number of nitrogens with one attached hydrogen (secondary N) is 2. The number of nitrogens with zero attached hydrogens (tertiary/aromatic N) is 4. The zero-order valence-electron chi connectivity index (χ0n) is 16.9. The van der Waals surface area contributed by atoms with E-state index in [1.165, 1.54) is 10.5 Å². The van der Waals surface area contributed by atoms with Crippen LogP contribution in [0.4, 0.5) is 0 Å².